The van der Waals surface area contributed by atoms with Crippen molar-refractivity contribution in [2.75, 3.05) is 6.54 Å². The molecule has 14 heavy (non-hydrogen) atoms. The maximum absolute atomic E-state index is 10.6. The predicted molar refractivity (Wildman–Crippen MR) is 54.8 cm³/mol. The van der Waals surface area contributed by atoms with E-state index >= 15 is 0 Å². The summed E-state index contributed by atoms with van der Waals surface area (Å²) in [7, 11) is 0. The van der Waals surface area contributed by atoms with Crippen LogP contribution in [-0.4, -0.2) is 29.4 Å². The molecule has 0 heterocycles. The number of nitrogens with two attached hydrogens (primary N) is 1. The molecule has 0 saturated heterocycles. The van der Waals surface area contributed by atoms with Crippen LogP contribution in [0.3, 0.4) is 0 Å². The fourth-order valence-corrected chi connectivity index (χ4v) is 0.445. The van der Waals surface area contributed by atoms with Gasteiger partial charge in [-0.15, -0.1) is 0 Å². The molecule has 82 valence electrons. The van der Waals surface area contributed by atoms with E-state index in [-0.39, 0.29) is 18.0 Å². The lowest BCUT2D eigenvalue weighted by Gasteiger charge is -2.09. The molecular formula is C9H18N2O3. The number of nitrogens with one attached hydrogen (secondary N) is 1. The molecule has 0 amide bonds. The van der Waals surface area contributed by atoms with Crippen LogP contribution in [0.25, 0.3) is 0 Å². The van der Waals surface area contributed by atoms with Gasteiger partial charge in [-0.1, -0.05) is 20.4 Å². The fourth-order valence-electron chi connectivity index (χ4n) is 0.445. The highest BCUT2D eigenvalue weighted by Gasteiger charge is 2.11. The zero-order chi connectivity index (χ0) is 11.7. The third-order valence-corrected chi connectivity index (χ3v) is 1.28. The van der Waals surface area contributed by atoms with Crippen molar-refractivity contribution in [3.63, 3.8) is 0 Å². The highest BCUT2D eigenvalue weighted by Crippen LogP contribution is 1.86. The third-order valence-electron chi connectivity index (χ3n) is 1.28. The lowest BCUT2D eigenvalue weighted by Crippen LogP contribution is -2.40. The minimum absolute atomic E-state index is 0.00769. The van der Waals surface area contributed by atoms with Gasteiger partial charge in [0.2, 0.25) is 0 Å². The molecule has 5 nitrogen and oxygen atoms in total. The Morgan fingerprint density at radius 1 is 1.50 bits per heavy atom. The van der Waals surface area contributed by atoms with Crippen LogP contribution in [0.1, 0.15) is 20.8 Å². The SMILES string of the molecule is C=C(NCC(N)C(=O)O)C(C)=O.CC. The van der Waals surface area contributed by atoms with Gasteiger partial charge in [-0.3, -0.25) is 9.59 Å². The van der Waals surface area contributed by atoms with E-state index in [1.165, 1.54) is 6.92 Å². The number of carbonyl (C=O) groups is 2. The zero-order valence-electron chi connectivity index (χ0n) is 8.83. The second kappa shape index (κ2) is 8.25. The molecule has 0 spiro atoms. The average molecular weight is 202 g/mol. The van der Waals surface area contributed by atoms with Crippen LogP contribution in [0.5, 0.6) is 0 Å². The summed E-state index contributed by atoms with van der Waals surface area (Å²) in [5, 5.41) is 10.9. The molecule has 0 aromatic rings. The monoisotopic (exact) mass is 202 g/mol. The van der Waals surface area contributed by atoms with Crippen molar-refractivity contribution in [1.29, 1.82) is 0 Å². The molecule has 0 rings (SSSR count). The number of hydrogen-bond donors (Lipinski definition) is 3. The number of ketones is 1. The van der Waals surface area contributed by atoms with Crippen molar-refractivity contribution in [1.82, 2.24) is 5.32 Å². The minimum atomic E-state index is -1.11. The smallest absolute Gasteiger partial charge is 0.322 e. The van der Waals surface area contributed by atoms with Gasteiger partial charge in [0.05, 0.1) is 5.70 Å². The number of rotatable bonds is 5. The van der Waals surface area contributed by atoms with E-state index in [4.69, 9.17) is 10.8 Å². The van der Waals surface area contributed by atoms with Crippen molar-refractivity contribution in [3.8, 4) is 0 Å². The number of Topliss-reactive ketones (excluding diaryl/α,β-unsaturated/α-hetero) is 1. The first-order valence-electron chi connectivity index (χ1n) is 4.37. The molecule has 0 fully saturated rings. The van der Waals surface area contributed by atoms with E-state index in [1.54, 1.807) is 0 Å². The lowest BCUT2D eigenvalue weighted by molar-refractivity contribution is -0.138. The fraction of sp³-hybridized carbons (Fsp3) is 0.556. The van der Waals surface area contributed by atoms with Gasteiger partial charge in [-0.2, -0.15) is 0 Å². The molecule has 0 bridgehead atoms. The van der Waals surface area contributed by atoms with E-state index in [2.05, 4.69) is 11.9 Å². The Hall–Kier alpha value is -1.36. The normalized spacial score (nSPS) is 10.6. The van der Waals surface area contributed by atoms with Crippen LogP contribution in [0.4, 0.5) is 0 Å². The topological polar surface area (TPSA) is 92.4 Å². The molecule has 4 N–H and O–H groups in total. The number of aliphatic carboxylic acids is 1. The van der Waals surface area contributed by atoms with Crippen molar-refractivity contribution < 1.29 is 14.7 Å². The summed E-state index contributed by atoms with van der Waals surface area (Å²) in [4.78, 5) is 20.8. The maximum Gasteiger partial charge on any atom is 0.322 e. The number of carboxylic acids is 1. The van der Waals surface area contributed by atoms with Gasteiger partial charge in [0.1, 0.15) is 6.04 Å². The van der Waals surface area contributed by atoms with E-state index in [9.17, 15) is 9.59 Å². The first-order chi connectivity index (χ1) is 6.45. The van der Waals surface area contributed by atoms with Crippen molar-refractivity contribution in [2.45, 2.75) is 26.8 Å². The Bertz CT molecular complexity index is 214. The molecule has 0 aliphatic carbocycles. The van der Waals surface area contributed by atoms with Crippen LogP contribution in [0.2, 0.25) is 0 Å². The number of carbonyl (C=O) groups excluding carboxylic acids is 1. The van der Waals surface area contributed by atoms with Gasteiger partial charge in [0, 0.05) is 13.5 Å². The third kappa shape index (κ3) is 7.30. The summed E-state index contributed by atoms with van der Waals surface area (Å²) in [6, 6.07) is -1.01. The van der Waals surface area contributed by atoms with Gasteiger partial charge < -0.3 is 16.2 Å². The van der Waals surface area contributed by atoms with Crippen LogP contribution in [-0.2, 0) is 9.59 Å². The van der Waals surface area contributed by atoms with Gasteiger partial charge in [-0.25, -0.2) is 0 Å². The highest BCUT2D eigenvalue weighted by atomic mass is 16.4. The van der Waals surface area contributed by atoms with Crippen molar-refractivity contribution in [3.05, 3.63) is 12.3 Å². The quantitative estimate of drug-likeness (QED) is 0.550. The van der Waals surface area contributed by atoms with Crippen LogP contribution in [0.15, 0.2) is 12.3 Å². The molecule has 0 aromatic carbocycles. The van der Waals surface area contributed by atoms with Crippen LogP contribution in [0, 0.1) is 0 Å². The van der Waals surface area contributed by atoms with Crippen LogP contribution >= 0.6 is 0 Å². The summed E-state index contributed by atoms with van der Waals surface area (Å²) >= 11 is 0. The standard InChI is InChI=1S/C7H12N2O3.C2H6/c1-4(5(2)10)9-3-6(8)7(11)12;1-2/h6,9H,1,3,8H2,2H3,(H,11,12);1-2H3. The van der Waals surface area contributed by atoms with E-state index in [0.29, 0.717) is 0 Å². The first kappa shape index (κ1) is 15.1. The Kier molecular flexibility index (Phi) is 8.91. The highest BCUT2D eigenvalue weighted by molar-refractivity contribution is 5.92. The molecule has 1 unspecified atom stereocenters. The molecule has 0 aliphatic heterocycles. The molecule has 0 aliphatic rings. The molecule has 0 radical (unpaired) electrons. The Balaban J connectivity index is 0. The van der Waals surface area contributed by atoms with E-state index < -0.39 is 12.0 Å². The summed E-state index contributed by atoms with van der Waals surface area (Å²) in [5.41, 5.74) is 5.32. The Labute approximate surface area is 84.0 Å². The van der Waals surface area contributed by atoms with Gasteiger partial charge in [0.15, 0.2) is 5.78 Å². The molecule has 0 saturated carbocycles. The molecule has 1 atom stereocenters. The minimum Gasteiger partial charge on any atom is -0.480 e. The summed E-state index contributed by atoms with van der Waals surface area (Å²) in [6.07, 6.45) is 0. The molecule has 0 aromatic heterocycles. The lowest BCUT2D eigenvalue weighted by atomic mass is 10.3. The summed E-state index contributed by atoms with van der Waals surface area (Å²) in [6.45, 7) is 8.72. The molecule has 5 heteroatoms. The largest absolute Gasteiger partial charge is 0.480 e. The maximum atomic E-state index is 10.6. The summed E-state index contributed by atoms with van der Waals surface area (Å²) < 4.78 is 0. The van der Waals surface area contributed by atoms with Gasteiger partial charge >= 0.3 is 5.97 Å². The first-order valence-corrected chi connectivity index (χ1v) is 4.37. The van der Waals surface area contributed by atoms with Crippen molar-refractivity contribution >= 4 is 11.8 Å². The predicted octanol–water partition coefficient (Wildman–Crippen LogP) is 0.117. The number of allylic oxidation sites excluding steroid dienone is 1. The second-order valence-corrected chi connectivity index (χ2v) is 2.36. The van der Waals surface area contributed by atoms with Gasteiger partial charge in [0.25, 0.3) is 0 Å². The number of hydrogen-bond acceptors (Lipinski definition) is 4. The summed E-state index contributed by atoms with van der Waals surface area (Å²) in [5.74, 6) is -1.34. The van der Waals surface area contributed by atoms with Crippen molar-refractivity contribution in [2.24, 2.45) is 5.73 Å². The zero-order valence-corrected chi connectivity index (χ0v) is 8.83. The Morgan fingerprint density at radius 3 is 2.21 bits per heavy atom. The van der Waals surface area contributed by atoms with Gasteiger partial charge in [-0.05, 0) is 0 Å². The van der Waals surface area contributed by atoms with Crippen LogP contribution < -0.4 is 11.1 Å². The van der Waals surface area contributed by atoms with E-state index in [1.807, 2.05) is 13.8 Å². The molecular weight excluding hydrogens is 184 g/mol. The van der Waals surface area contributed by atoms with E-state index in [0.717, 1.165) is 0 Å². The second-order valence-electron chi connectivity index (χ2n) is 2.36. The Morgan fingerprint density at radius 2 is 1.93 bits per heavy atom. The average Bonchev–Trinajstić information content (AvgIpc) is 2.16. The number of carboxylic acid groups (broad SMARTS) is 1.